The maximum absolute atomic E-state index is 12.4. The molecule has 3 rings (SSSR count). The summed E-state index contributed by atoms with van der Waals surface area (Å²) in [5, 5.41) is 3.46. The van der Waals surface area contributed by atoms with Crippen LogP contribution in [0.1, 0.15) is 21.8 Å². The van der Waals surface area contributed by atoms with E-state index in [2.05, 4.69) is 20.0 Å². The van der Waals surface area contributed by atoms with Gasteiger partial charge in [-0.2, -0.15) is 0 Å². The van der Waals surface area contributed by atoms with Crippen molar-refractivity contribution in [3.8, 4) is 0 Å². The molecule has 0 saturated heterocycles. The van der Waals surface area contributed by atoms with Crippen molar-refractivity contribution in [2.45, 2.75) is 19.9 Å². The van der Waals surface area contributed by atoms with E-state index in [0.29, 0.717) is 26.6 Å². The number of carbonyl (C=O) groups excluding carboxylic acids is 2. The Balaban J connectivity index is 1.67. The highest BCUT2D eigenvalue weighted by atomic mass is 32.1. The van der Waals surface area contributed by atoms with E-state index in [-0.39, 0.29) is 24.4 Å². The van der Waals surface area contributed by atoms with E-state index >= 15 is 0 Å². The van der Waals surface area contributed by atoms with Crippen molar-refractivity contribution in [3.05, 3.63) is 51.5 Å². The molecule has 1 amide bonds. The summed E-state index contributed by atoms with van der Waals surface area (Å²) < 4.78 is 6.06. The maximum Gasteiger partial charge on any atom is 0.350 e. The van der Waals surface area contributed by atoms with Crippen molar-refractivity contribution in [2.24, 2.45) is 0 Å². The minimum Gasteiger partial charge on any atom is -0.465 e. The van der Waals surface area contributed by atoms with Gasteiger partial charge < -0.3 is 10.1 Å². The molecule has 0 aliphatic rings. The highest BCUT2D eigenvalue weighted by molar-refractivity contribution is 7.17. The quantitative estimate of drug-likeness (QED) is 0.687. The number of amides is 1. The Hall–Kier alpha value is -3.07. The van der Waals surface area contributed by atoms with Crippen LogP contribution in [0.15, 0.2) is 35.4 Å². The van der Waals surface area contributed by atoms with Gasteiger partial charge in [0.25, 0.3) is 5.56 Å². The molecule has 2 aromatic heterocycles. The Labute approximate surface area is 152 Å². The number of aryl methyl sites for hydroxylation is 2. The average Bonchev–Trinajstić information content (AvgIpc) is 3.00. The molecule has 0 unspecified atom stereocenters. The lowest BCUT2D eigenvalue weighted by molar-refractivity contribution is -0.116. The van der Waals surface area contributed by atoms with E-state index in [1.54, 1.807) is 25.1 Å². The Morgan fingerprint density at radius 3 is 2.85 bits per heavy atom. The summed E-state index contributed by atoms with van der Waals surface area (Å²) in [6.45, 7) is 1.86. The lowest BCUT2D eigenvalue weighted by atomic mass is 10.2. The number of thiazole rings is 1. The second kappa shape index (κ2) is 7.44. The Bertz CT molecular complexity index is 1040. The van der Waals surface area contributed by atoms with Crippen molar-refractivity contribution in [2.75, 3.05) is 12.4 Å². The molecule has 0 atom stereocenters. The van der Waals surface area contributed by atoms with Gasteiger partial charge >= 0.3 is 5.97 Å². The van der Waals surface area contributed by atoms with Gasteiger partial charge in [0.05, 0.1) is 30.0 Å². The van der Waals surface area contributed by atoms with Gasteiger partial charge in [-0.1, -0.05) is 23.5 Å². The molecular weight excluding hydrogens is 356 g/mol. The molecule has 0 fully saturated rings. The monoisotopic (exact) mass is 372 g/mol. The van der Waals surface area contributed by atoms with Crippen LogP contribution < -0.4 is 10.9 Å². The molecule has 0 saturated carbocycles. The van der Waals surface area contributed by atoms with E-state index in [1.165, 1.54) is 18.0 Å². The van der Waals surface area contributed by atoms with Gasteiger partial charge in [-0.15, -0.1) is 0 Å². The van der Waals surface area contributed by atoms with Crippen LogP contribution in [0.25, 0.3) is 10.9 Å². The van der Waals surface area contributed by atoms with E-state index in [0.717, 1.165) is 11.3 Å². The summed E-state index contributed by atoms with van der Waals surface area (Å²) in [5.41, 5.74) is 0.917. The van der Waals surface area contributed by atoms with Crippen molar-refractivity contribution in [3.63, 3.8) is 0 Å². The first-order valence-corrected chi connectivity index (χ1v) is 8.61. The van der Waals surface area contributed by atoms with Crippen molar-refractivity contribution < 1.29 is 14.3 Å². The molecule has 1 N–H and O–H groups in total. The van der Waals surface area contributed by atoms with Crippen LogP contribution in [0.5, 0.6) is 0 Å². The van der Waals surface area contributed by atoms with Crippen molar-refractivity contribution in [1.29, 1.82) is 0 Å². The van der Waals surface area contributed by atoms with E-state index < -0.39 is 5.97 Å². The normalized spacial score (nSPS) is 10.7. The zero-order valence-electron chi connectivity index (χ0n) is 14.2. The van der Waals surface area contributed by atoms with Crippen LogP contribution in [0.2, 0.25) is 0 Å². The molecule has 0 bridgehead atoms. The zero-order chi connectivity index (χ0) is 18.7. The fourth-order valence-electron chi connectivity index (χ4n) is 2.40. The van der Waals surface area contributed by atoms with Gasteiger partial charge in [-0.05, 0) is 19.1 Å². The number of nitrogens with one attached hydrogen (secondary N) is 1. The number of carbonyl (C=O) groups is 2. The Morgan fingerprint density at radius 1 is 1.31 bits per heavy atom. The number of esters is 1. The molecule has 0 spiro atoms. The minimum absolute atomic E-state index is 0.0755. The van der Waals surface area contributed by atoms with Crippen LogP contribution >= 0.6 is 11.3 Å². The summed E-state index contributed by atoms with van der Waals surface area (Å²) in [5.74, 6) is -0.801. The second-order valence-corrected chi connectivity index (χ2v) is 6.48. The first kappa shape index (κ1) is 17.7. The highest BCUT2D eigenvalue weighted by Gasteiger charge is 2.17. The first-order valence-electron chi connectivity index (χ1n) is 7.79. The number of fused-ring (bicyclic) bond motifs is 1. The minimum atomic E-state index is -0.491. The van der Waals surface area contributed by atoms with Crippen molar-refractivity contribution in [1.82, 2.24) is 14.5 Å². The molecule has 3 aromatic rings. The van der Waals surface area contributed by atoms with Gasteiger partial charge in [0.15, 0.2) is 5.13 Å². The Kier molecular flexibility index (Phi) is 5.08. The predicted molar refractivity (Wildman–Crippen MR) is 97.4 cm³/mol. The number of hydrogen-bond donors (Lipinski definition) is 1. The number of para-hydroxylation sites is 1. The largest absolute Gasteiger partial charge is 0.465 e. The number of methoxy groups -OCH3 is 1. The lowest BCUT2D eigenvalue weighted by Crippen LogP contribution is -2.23. The topological polar surface area (TPSA) is 103 Å². The average molecular weight is 372 g/mol. The van der Waals surface area contributed by atoms with Gasteiger partial charge in [0.2, 0.25) is 5.91 Å². The number of ether oxygens (including phenoxy) is 1. The van der Waals surface area contributed by atoms with Gasteiger partial charge in [0, 0.05) is 13.0 Å². The van der Waals surface area contributed by atoms with E-state index in [4.69, 9.17) is 0 Å². The van der Waals surface area contributed by atoms with Crippen LogP contribution in [-0.2, 0) is 16.1 Å². The third-order valence-electron chi connectivity index (χ3n) is 3.73. The highest BCUT2D eigenvalue weighted by Crippen LogP contribution is 2.23. The van der Waals surface area contributed by atoms with Crippen molar-refractivity contribution >= 4 is 39.2 Å². The van der Waals surface area contributed by atoms with Gasteiger partial charge in [-0.25, -0.2) is 14.8 Å². The summed E-state index contributed by atoms with van der Waals surface area (Å²) in [6.07, 6.45) is 1.51. The molecular formula is C17H16N4O4S. The van der Waals surface area contributed by atoms with Crippen LogP contribution in [-0.4, -0.2) is 33.5 Å². The maximum atomic E-state index is 12.4. The van der Waals surface area contributed by atoms with E-state index in [9.17, 15) is 14.4 Å². The number of anilines is 1. The number of benzene rings is 1. The third-order valence-corrected chi connectivity index (χ3v) is 4.78. The predicted octanol–water partition coefficient (Wildman–Crippen LogP) is 1.98. The molecule has 134 valence electrons. The summed E-state index contributed by atoms with van der Waals surface area (Å²) in [4.78, 5) is 44.8. The lowest BCUT2D eigenvalue weighted by Gasteiger charge is -2.06. The molecule has 26 heavy (non-hydrogen) atoms. The molecule has 0 aliphatic carbocycles. The fraction of sp³-hybridized carbons (Fsp3) is 0.235. The molecule has 8 nitrogen and oxygen atoms in total. The second-order valence-electron chi connectivity index (χ2n) is 5.48. The number of nitrogens with zero attached hydrogens (tertiary/aromatic N) is 3. The summed E-state index contributed by atoms with van der Waals surface area (Å²) in [7, 11) is 1.29. The Morgan fingerprint density at radius 2 is 2.08 bits per heavy atom. The standard InChI is InChI=1S/C17H16N4O4S/c1-10-14(16(24)25-2)26-17(19-10)20-13(22)7-8-21-9-18-12-6-4-3-5-11(12)15(21)23/h3-6,9H,7-8H2,1-2H3,(H,19,20,22). The van der Waals surface area contributed by atoms with Gasteiger partial charge in [0.1, 0.15) is 4.88 Å². The van der Waals surface area contributed by atoms with Crippen LogP contribution in [0.3, 0.4) is 0 Å². The fourth-order valence-corrected chi connectivity index (χ4v) is 3.30. The number of hydrogen-bond acceptors (Lipinski definition) is 7. The number of aromatic nitrogens is 3. The van der Waals surface area contributed by atoms with Gasteiger partial charge in [-0.3, -0.25) is 14.2 Å². The van der Waals surface area contributed by atoms with E-state index in [1.807, 2.05) is 6.07 Å². The smallest absolute Gasteiger partial charge is 0.350 e. The molecule has 9 heteroatoms. The molecule has 1 aromatic carbocycles. The SMILES string of the molecule is COC(=O)c1sc(NC(=O)CCn2cnc3ccccc3c2=O)nc1C. The third kappa shape index (κ3) is 3.62. The molecule has 0 radical (unpaired) electrons. The zero-order valence-corrected chi connectivity index (χ0v) is 15.0. The molecule has 2 heterocycles. The summed E-state index contributed by atoms with van der Waals surface area (Å²) in [6, 6.07) is 7.04. The first-order chi connectivity index (χ1) is 12.5. The van der Waals surface area contributed by atoms with Crippen LogP contribution in [0, 0.1) is 6.92 Å². The molecule has 0 aliphatic heterocycles. The van der Waals surface area contributed by atoms with Crippen LogP contribution in [0.4, 0.5) is 5.13 Å². The summed E-state index contributed by atoms with van der Waals surface area (Å²) >= 11 is 1.05. The number of rotatable bonds is 5.